The van der Waals surface area contributed by atoms with E-state index in [-0.39, 0.29) is 84.5 Å². The van der Waals surface area contributed by atoms with Gasteiger partial charge >= 0.3 is 6.09 Å². The molecular formula is C45H47N5O12. The van der Waals surface area contributed by atoms with Crippen LogP contribution >= 0.6 is 0 Å². The Balaban J connectivity index is 0.942. The standard InChI is InChI=1S/C45H47N5O12/c1-24-11-27-19-46-32-16-36(26(22-51)13-29(32)42(54)48(27)20-24)60-9-7-6-8-10-61-38-17-33-30(15-37(38)58-4)43(55)49-21-25(2)12-34(49)44(56)50(33)45(57)62-23-28-14-31-40(47(28)3)35(52)18-39(59-5)41(31)53/h13-19,27,34,44,51,56H,1-2,6-12,20-23H2,3-5H3/t27-,34-,44?/m0/s1. The highest BCUT2D eigenvalue weighted by Gasteiger charge is 2.46. The Morgan fingerprint density at radius 2 is 1.55 bits per heavy atom. The number of Topliss-reactive ketones (excluding diaryl/α,β-unsaturated/α-hetero) is 1. The minimum atomic E-state index is -1.54. The van der Waals surface area contributed by atoms with Gasteiger partial charge in [0.25, 0.3) is 11.8 Å². The molecule has 4 aliphatic heterocycles. The lowest BCUT2D eigenvalue weighted by Gasteiger charge is -2.31. The minimum absolute atomic E-state index is 0.0412. The highest BCUT2D eigenvalue weighted by Crippen LogP contribution is 2.42. The van der Waals surface area contributed by atoms with Crippen molar-refractivity contribution in [3.63, 3.8) is 0 Å². The van der Waals surface area contributed by atoms with Crippen LogP contribution in [0.2, 0.25) is 0 Å². The lowest BCUT2D eigenvalue weighted by molar-refractivity contribution is 0.0484. The number of methoxy groups -OCH3 is 2. The molecular weight excluding hydrogens is 803 g/mol. The number of hydrogen-bond donors (Lipinski definition) is 2. The first-order valence-electron chi connectivity index (χ1n) is 20.3. The van der Waals surface area contributed by atoms with E-state index in [2.05, 4.69) is 18.2 Å². The smallest absolute Gasteiger partial charge is 0.416 e. The maximum atomic E-state index is 14.1. The summed E-state index contributed by atoms with van der Waals surface area (Å²) in [4.78, 5) is 75.9. The van der Waals surface area contributed by atoms with E-state index >= 15 is 0 Å². The van der Waals surface area contributed by atoms with E-state index in [0.29, 0.717) is 72.7 Å². The van der Waals surface area contributed by atoms with Gasteiger partial charge in [-0.3, -0.25) is 24.2 Å². The lowest BCUT2D eigenvalue weighted by Crippen LogP contribution is -2.50. The van der Waals surface area contributed by atoms with Gasteiger partial charge in [-0.05, 0) is 50.3 Å². The molecule has 8 rings (SSSR count). The Morgan fingerprint density at radius 1 is 0.839 bits per heavy atom. The molecule has 1 unspecified atom stereocenters. The van der Waals surface area contributed by atoms with Crippen LogP contribution in [-0.2, 0) is 29.7 Å². The number of fused-ring (bicyclic) bond motifs is 5. The summed E-state index contributed by atoms with van der Waals surface area (Å²) in [5, 5.41) is 21.9. The molecule has 5 heterocycles. The van der Waals surface area contributed by atoms with Crippen LogP contribution in [0.3, 0.4) is 0 Å². The predicted molar refractivity (Wildman–Crippen MR) is 223 cm³/mol. The summed E-state index contributed by atoms with van der Waals surface area (Å²) in [5.74, 6) is -0.726. The molecule has 2 N–H and O–H groups in total. The van der Waals surface area contributed by atoms with Crippen molar-refractivity contribution in [1.82, 2.24) is 14.4 Å². The molecule has 3 aromatic rings. The number of aromatic nitrogens is 1. The molecule has 1 aromatic heterocycles. The van der Waals surface area contributed by atoms with Gasteiger partial charge < -0.3 is 48.3 Å². The molecule has 1 aliphatic carbocycles. The second kappa shape index (κ2) is 17.0. The molecule has 17 nitrogen and oxygen atoms in total. The van der Waals surface area contributed by atoms with Crippen molar-refractivity contribution < 1.29 is 57.9 Å². The zero-order chi connectivity index (χ0) is 44.0. The molecule has 0 spiro atoms. The lowest BCUT2D eigenvalue weighted by atomic mass is 10.0. The van der Waals surface area contributed by atoms with Crippen molar-refractivity contribution in [3.8, 4) is 17.2 Å². The fourth-order valence-electron chi connectivity index (χ4n) is 8.59. The zero-order valence-electron chi connectivity index (χ0n) is 34.7. The molecule has 2 saturated heterocycles. The summed E-state index contributed by atoms with van der Waals surface area (Å²) < 4.78 is 30.1. The Bertz CT molecular complexity index is 2490. The number of carbonyl (C=O) groups excluding carboxylic acids is 5. The number of rotatable bonds is 13. The Labute approximate surface area is 357 Å². The molecule has 17 heteroatoms. The van der Waals surface area contributed by atoms with Crippen molar-refractivity contribution in [2.75, 3.05) is 45.4 Å². The summed E-state index contributed by atoms with van der Waals surface area (Å²) in [6.07, 6.45) is 3.15. The van der Waals surface area contributed by atoms with E-state index in [9.17, 15) is 34.2 Å². The van der Waals surface area contributed by atoms with E-state index in [4.69, 9.17) is 23.7 Å². The SMILES string of the molecule is C=C1C[C@H]2C=Nc3cc(OCCCCCOc4cc5c(cc4OC)C(=O)N4CC(=C)C[C@H]4C(O)N5C(=O)OCc4cc5c(n4C)C(=O)C=C(OC)C5=O)c(CO)cc3C(=O)N2C1. The van der Waals surface area contributed by atoms with E-state index in [0.717, 1.165) is 16.5 Å². The van der Waals surface area contributed by atoms with Crippen LogP contribution in [0.25, 0.3) is 0 Å². The molecule has 2 aromatic carbocycles. The molecule has 5 aliphatic rings. The third kappa shape index (κ3) is 7.51. The third-order valence-corrected chi connectivity index (χ3v) is 11.8. The molecule has 3 atom stereocenters. The fraction of sp³-hybridized carbons (Fsp3) is 0.378. The quantitative estimate of drug-likeness (QED) is 0.176. The highest BCUT2D eigenvalue weighted by molar-refractivity contribution is 6.23. The van der Waals surface area contributed by atoms with Gasteiger partial charge in [0.15, 0.2) is 23.5 Å². The van der Waals surface area contributed by atoms with Crippen LogP contribution in [0.1, 0.15) is 84.9 Å². The number of allylic oxidation sites excluding steroid dienone is 2. The normalized spacial score (nSPS) is 20.2. The number of aliphatic hydroxyl groups excluding tert-OH is 2. The molecule has 62 heavy (non-hydrogen) atoms. The summed E-state index contributed by atoms with van der Waals surface area (Å²) in [6, 6.07) is 6.75. The number of ketones is 2. The summed E-state index contributed by atoms with van der Waals surface area (Å²) in [6.45, 7) is 8.54. The van der Waals surface area contributed by atoms with Crippen LogP contribution in [0, 0.1) is 0 Å². The second-order valence-electron chi connectivity index (χ2n) is 15.8. The predicted octanol–water partition coefficient (Wildman–Crippen LogP) is 4.80. The van der Waals surface area contributed by atoms with E-state index in [1.54, 1.807) is 30.3 Å². The maximum absolute atomic E-state index is 14.1. The Morgan fingerprint density at radius 3 is 2.27 bits per heavy atom. The minimum Gasteiger partial charge on any atom is -0.493 e. The van der Waals surface area contributed by atoms with Crippen LogP contribution < -0.4 is 19.1 Å². The highest BCUT2D eigenvalue weighted by atomic mass is 16.6. The van der Waals surface area contributed by atoms with Gasteiger partial charge in [0.2, 0.25) is 11.6 Å². The fourth-order valence-corrected chi connectivity index (χ4v) is 8.59. The van der Waals surface area contributed by atoms with Gasteiger partial charge in [-0.2, -0.15) is 0 Å². The summed E-state index contributed by atoms with van der Waals surface area (Å²) in [7, 11) is 4.30. The topological polar surface area (TPSA) is 199 Å². The monoisotopic (exact) mass is 849 g/mol. The second-order valence-corrected chi connectivity index (χ2v) is 15.8. The number of amides is 3. The number of benzene rings is 2. The van der Waals surface area contributed by atoms with Crippen molar-refractivity contribution in [2.24, 2.45) is 12.0 Å². The van der Waals surface area contributed by atoms with E-state index in [1.807, 2.05) is 0 Å². The van der Waals surface area contributed by atoms with Crippen LogP contribution in [0.15, 0.2) is 71.5 Å². The first-order valence-corrected chi connectivity index (χ1v) is 20.3. The average molecular weight is 850 g/mol. The number of aliphatic imine (C=N–C) groups is 1. The summed E-state index contributed by atoms with van der Waals surface area (Å²) in [5.41, 5.74) is 3.74. The molecule has 0 saturated carbocycles. The van der Waals surface area contributed by atoms with Crippen molar-refractivity contribution in [1.29, 1.82) is 0 Å². The largest absolute Gasteiger partial charge is 0.493 e. The first-order chi connectivity index (χ1) is 29.8. The van der Waals surface area contributed by atoms with Gasteiger partial charge in [-0.15, -0.1) is 0 Å². The maximum Gasteiger partial charge on any atom is 0.416 e. The number of hydrogen-bond acceptors (Lipinski definition) is 13. The molecule has 0 bridgehead atoms. The number of aliphatic hydroxyl groups is 2. The van der Waals surface area contributed by atoms with Gasteiger partial charge in [0.1, 0.15) is 18.1 Å². The molecule has 324 valence electrons. The van der Waals surface area contributed by atoms with Crippen molar-refractivity contribution in [2.45, 2.75) is 63.6 Å². The zero-order valence-corrected chi connectivity index (χ0v) is 34.7. The van der Waals surface area contributed by atoms with Gasteiger partial charge in [0.05, 0.1) is 79.9 Å². The molecule has 2 fully saturated rings. The first kappa shape index (κ1) is 42.0. The van der Waals surface area contributed by atoms with Crippen LogP contribution in [0.5, 0.6) is 17.2 Å². The number of unbranched alkanes of at least 4 members (excludes halogenated alkanes) is 2. The van der Waals surface area contributed by atoms with Crippen LogP contribution in [-0.4, -0.2) is 119 Å². The van der Waals surface area contributed by atoms with E-state index in [1.165, 1.54) is 41.9 Å². The van der Waals surface area contributed by atoms with Gasteiger partial charge in [0, 0.05) is 50.1 Å². The number of nitrogens with zero attached hydrogens (tertiary/aromatic N) is 5. The van der Waals surface area contributed by atoms with Crippen molar-refractivity contribution >= 4 is 47.1 Å². The number of carbonyl (C=O) groups is 5. The number of anilines is 1. The third-order valence-electron chi connectivity index (χ3n) is 11.8. The van der Waals surface area contributed by atoms with Crippen molar-refractivity contribution in [3.05, 3.63) is 100 Å². The number of ether oxygens (including phenoxy) is 5. The Hall–Kier alpha value is -6.72. The molecule has 0 radical (unpaired) electrons. The van der Waals surface area contributed by atoms with Gasteiger partial charge in [-0.25, -0.2) is 9.69 Å². The van der Waals surface area contributed by atoms with Gasteiger partial charge in [-0.1, -0.05) is 24.3 Å². The Kier molecular flexibility index (Phi) is 11.5. The van der Waals surface area contributed by atoms with E-state index < -0.39 is 35.8 Å². The molecule has 3 amide bonds. The average Bonchev–Trinajstić information content (AvgIpc) is 3.92. The van der Waals surface area contributed by atoms with Crippen LogP contribution in [0.4, 0.5) is 16.2 Å². The summed E-state index contributed by atoms with van der Waals surface area (Å²) >= 11 is 0.